The van der Waals surface area contributed by atoms with Gasteiger partial charge in [-0.05, 0) is 39.7 Å². The van der Waals surface area contributed by atoms with E-state index in [1.807, 2.05) is 19.9 Å². The van der Waals surface area contributed by atoms with Gasteiger partial charge in [0.05, 0.1) is 5.41 Å². The van der Waals surface area contributed by atoms with Crippen molar-refractivity contribution in [2.75, 3.05) is 11.9 Å². The molecule has 0 spiro atoms. The molecule has 2 amide bonds. The van der Waals surface area contributed by atoms with Crippen molar-refractivity contribution in [1.82, 2.24) is 4.98 Å². The van der Waals surface area contributed by atoms with Gasteiger partial charge in [0.2, 0.25) is 5.91 Å². The van der Waals surface area contributed by atoms with Gasteiger partial charge in [0.15, 0.2) is 5.13 Å². The van der Waals surface area contributed by atoms with Gasteiger partial charge in [0.1, 0.15) is 0 Å². The van der Waals surface area contributed by atoms with E-state index in [1.54, 1.807) is 12.3 Å². The summed E-state index contributed by atoms with van der Waals surface area (Å²) >= 11 is 1.43. The molecule has 27 heavy (non-hydrogen) atoms. The number of nitrogens with two attached hydrogens (primary N) is 2. The Kier molecular flexibility index (Phi) is 7.74. The van der Waals surface area contributed by atoms with E-state index in [9.17, 15) is 9.59 Å². The number of amides is 2. The molecule has 1 unspecified atom stereocenters. The molecule has 148 valence electrons. The highest BCUT2D eigenvalue weighted by Crippen LogP contribution is 2.39. The van der Waals surface area contributed by atoms with Crippen LogP contribution in [-0.4, -0.2) is 23.3 Å². The van der Waals surface area contributed by atoms with E-state index in [-0.39, 0.29) is 11.8 Å². The lowest BCUT2D eigenvalue weighted by molar-refractivity contribution is -0.125. The van der Waals surface area contributed by atoms with Gasteiger partial charge in [-0.15, -0.1) is 11.3 Å². The fourth-order valence-electron chi connectivity index (χ4n) is 3.44. The normalized spacial score (nSPS) is 19.4. The van der Waals surface area contributed by atoms with Gasteiger partial charge in [0, 0.05) is 16.6 Å². The third kappa shape index (κ3) is 5.74. The second kappa shape index (κ2) is 9.80. The van der Waals surface area contributed by atoms with Gasteiger partial charge >= 0.3 is 0 Å². The molecule has 0 aromatic carbocycles. The highest BCUT2D eigenvalue weighted by atomic mass is 32.1. The van der Waals surface area contributed by atoms with Crippen molar-refractivity contribution in [2.24, 2.45) is 16.9 Å². The SMILES string of the molecule is CC1=C(C(=O)Nc2ncc(C)s2)C=CC(CCCCCCCN)(C(N)=O)C1. The van der Waals surface area contributed by atoms with E-state index < -0.39 is 5.41 Å². The lowest BCUT2D eigenvalue weighted by Crippen LogP contribution is -2.37. The summed E-state index contributed by atoms with van der Waals surface area (Å²) in [6.07, 6.45) is 11.8. The standard InChI is InChI=1S/C20H30N4O2S/c1-14-12-20(18(22)26,9-6-4-3-5-7-11-21)10-8-16(14)17(25)24-19-23-13-15(2)27-19/h8,10,13H,3-7,9,11-12,21H2,1-2H3,(H2,22,26)(H,23,24,25). The Morgan fingerprint density at radius 2 is 1.93 bits per heavy atom. The maximum Gasteiger partial charge on any atom is 0.257 e. The number of unbranched alkanes of at least 4 members (excludes halogenated alkanes) is 4. The number of nitrogens with zero attached hydrogens (tertiary/aromatic N) is 1. The van der Waals surface area contributed by atoms with Crippen LogP contribution in [0.25, 0.3) is 0 Å². The van der Waals surface area contributed by atoms with Crippen LogP contribution in [0.1, 0.15) is 56.7 Å². The number of hydrogen-bond donors (Lipinski definition) is 3. The molecular weight excluding hydrogens is 360 g/mol. The zero-order chi connectivity index (χ0) is 19.9. The first-order chi connectivity index (χ1) is 12.9. The van der Waals surface area contributed by atoms with Crippen LogP contribution in [0.15, 0.2) is 29.5 Å². The van der Waals surface area contributed by atoms with Crippen LogP contribution in [0, 0.1) is 12.3 Å². The van der Waals surface area contributed by atoms with E-state index in [0.29, 0.717) is 23.5 Å². The molecule has 1 heterocycles. The number of carbonyl (C=O) groups is 2. The summed E-state index contributed by atoms with van der Waals surface area (Å²) in [6.45, 7) is 4.56. The van der Waals surface area contributed by atoms with E-state index in [0.717, 1.165) is 49.1 Å². The van der Waals surface area contributed by atoms with E-state index in [4.69, 9.17) is 11.5 Å². The molecule has 6 nitrogen and oxygen atoms in total. The Bertz CT molecular complexity index is 738. The number of thiazole rings is 1. The number of aryl methyl sites for hydroxylation is 1. The van der Waals surface area contributed by atoms with Crippen LogP contribution in [0.2, 0.25) is 0 Å². The highest BCUT2D eigenvalue weighted by molar-refractivity contribution is 7.15. The summed E-state index contributed by atoms with van der Waals surface area (Å²) in [7, 11) is 0. The predicted octanol–water partition coefficient (Wildman–Crippen LogP) is 3.44. The molecular formula is C20H30N4O2S. The van der Waals surface area contributed by atoms with Crippen molar-refractivity contribution in [3.8, 4) is 0 Å². The maximum atomic E-state index is 12.5. The summed E-state index contributed by atoms with van der Waals surface area (Å²) < 4.78 is 0. The van der Waals surface area contributed by atoms with E-state index in [1.165, 1.54) is 11.3 Å². The minimum Gasteiger partial charge on any atom is -0.369 e. The molecule has 1 aromatic rings. The van der Waals surface area contributed by atoms with Gasteiger partial charge in [-0.1, -0.05) is 43.4 Å². The first kappa shape index (κ1) is 21.3. The Morgan fingerprint density at radius 1 is 1.22 bits per heavy atom. The molecule has 0 aliphatic heterocycles. The Morgan fingerprint density at radius 3 is 2.52 bits per heavy atom. The maximum absolute atomic E-state index is 12.5. The van der Waals surface area contributed by atoms with Crippen molar-refractivity contribution in [3.05, 3.63) is 34.4 Å². The van der Waals surface area contributed by atoms with Gasteiger partial charge in [0.25, 0.3) is 5.91 Å². The number of primary amides is 1. The number of anilines is 1. The minimum absolute atomic E-state index is 0.196. The summed E-state index contributed by atoms with van der Waals surface area (Å²) in [5.74, 6) is -0.520. The number of nitrogens with one attached hydrogen (secondary N) is 1. The Balaban J connectivity index is 1.98. The third-order valence-corrected chi connectivity index (χ3v) is 5.84. The smallest absolute Gasteiger partial charge is 0.257 e. The Hall–Kier alpha value is -1.99. The zero-order valence-corrected chi connectivity index (χ0v) is 17.0. The summed E-state index contributed by atoms with van der Waals surface area (Å²) in [4.78, 5) is 29.9. The molecule has 0 saturated carbocycles. The van der Waals surface area contributed by atoms with Crippen LogP contribution in [0.4, 0.5) is 5.13 Å². The van der Waals surface area contributed by atoms with Crippen LogP contribution in [0.5, 0.6) is 0 Å². The van der Waals surface area contributed by atoms with Crippen molar-refractivity contribution < 1.29 is 9.59 Å². The fraction of sp³-hybridized carbons (Fsp3) is 0.550. The first-order valence-electron chi connectivity index (χ1n) is 9.51. The van der Waals surface area contributed by atoms with E-state index in [2.05, 4.69) is 10.3 Å². The molecule has 0 saturated heterocycles. The zero-order valence-electron chi connectivity index (χ0n) is 16.2. The lowest BCUT2D eigenvalue weighted by Gasteiger charge is -2.31. The van der Waals surface area contributed by atoms with Crippen LogP contribution in [0.3, 0.4) is 0 Å². The van der Waals surface area contributed by atoms with Crippen LogP contribution < -0.4 is 16.8 Å². The van der Waals surface area contributed by atoms with Crippen molar-refractivity contribution in [1.29, 1.82) is 0 Å². The van der Waals surface area contributed by atoms with Gasteiger partial charge in [-0.2, -0.15) is 0 Å². The summed E-state index contributed by atoms with van der Waals surface area (Å²) in [6, 6.07) is 0. The minimum atomic E-state index is -0.695. The molecule has 0 bridgehead atoms. The summed E-state index contributed by atoms with van der Waals surface area (Å²) in [5.41, 5.74) is 12.0. The predicted molar refractivity (Wildman–Crippen MR) is 110 cm³/mol. The molecule has 1 atom stereocenters. The molecule has 1 aliphatic carbocycles. The largest absolute Gasteiger partial charge is 0.369 e. The number of aromatic nitrogens is 1. The van der Waals surface area contributed by atoms with Crippen molar-refractivity contribution in [3.63, 3.8) is 0 Å². The molecule has 1 aromatic heterocycles. The number of allylic oxidation sites excluding steroid dienone is 1. The fourth-order valence-corrected chi connectivity index (χ4v) is 4.10. The quantitative estimate of drug-likeness (QED) is 0.531. The van der Waals surface area contributed by atoms with Gasteiger partial charge < -0.3 is 11.5 Å². The topological polar surface area (TPSA) is 111 Å². The van der Waals surface area contributed by atoms with Crippen molar-refractivity contribution >= 4 is 28.3 Å². The average Bonchev–Trinajstić information content (AvgIpc) is 3.02. The third-order valence-electron chi connectivity index (χ3n) is 5.01. The molecule has 7 heteroatoms. The van der Waals surface area contributed by atoms with Gasteiger partial charge in [-0.25, -0.2) is 4.98 Å². The van der Waals surface area contributed by atoms with Crippen LogP contribution in [-0.2, 0) is 9.59 Å². The van der Waals surface area contributed by atoms with Crippen LogP contribution >= 0.6 is 11.3 Å². The monoisotopic (exact) mass is 390 g/mol. The van der Waals surface area contributed by atoms with Gasteiger partial charge in [-0.3, -0.25) is 14.9 Å². The summed E-state index contributed by atoms with van der Waals surface area (Å²) in [5, 5.41) is 3.40. The number of hydrogen-bond acceptors (Lipinski definition) is 5. The first-order valence-corrected chi connectivity index (χ1v) is 10.3. The highest BCUT2D eigenvalue weighted by Gasteiger charge is 2.37. The van der Waals surface area contributed by atoms with Crippen molar-refractivity contribution in [2.45, 2.75) is 58.8 Å². The molecule has 0 fully saturated rings. The second-order valence-electron chi connectivity index (χ2n) is 7.26. The molecule has 2 rings (SSSR count). The average molecular weight is 391 g/mol. The second-order valence-corrected chi connectivity index (χ2v) is 8.50. The lowest BCUT2D eigenvalue weighted by atomic mass is 9.72. The number of carbonyl (C=O) groups excluding carboxylic acids is 2. The molecule has 5 N–H and O–H groups in total. The molecule has 0 radical (unpaired) electrons. The number of rotatable bonds is 10. The molecule has 1 aliphatic rings. The Labute approximate surface area is 165 Å². The van der Waals surface area contributed by atoms with E-state index >= 15 is 0 Å².